The number of aliphatic hydroxyl groups is 1. The second-order valence-electron chi connectivity index (χ2n) is 6.33. The van der Waals surface area contributed by atoms with Crippen LogP contribution >= 0.6 is 0 Å². The SMILES string of the molecule is CC(C)(C)[S@](=O)/N=C(\C[C@](C)(O)C(F)(F)F)c1ccccc1F. The van der Waals surface area contributed by atoms with Crippen LogP contribution in [0.2, 0.25) is 0 Å². The van der Waals surface area contributed by atoms with Crippen LogP contribution in [0.1, 0.15) is 39.7 Å². The van der Waals surface area contributed by atoms with Gasteiger partial charge < -0.3 is 5.11 Å². The highest BCUT2D eigenvalue weighted by Gasteiger charge is 2.50. The Bertz CT molecular complexity index is 619. The molecule has 0 saturated heterocycles. The molecule has 0 aliphatic heterocycles. The van der Waals surface area contributed by atoms with Gasteiger partial charge >= 0.3 is 6.18 Å². The molecule has 3 nitrogen and oxygen atoms in total. The van der Waals surface area contributed by atoms with E-state index in [9.17, 15) is 26.9 Å². The predicted octanol–water partition coefficient (Wildman–Crippen LogP) is 3.78. The molecule has 0 amide bonds. The smallest absolute Gasteiger partial charge is 0.380 e. The number of rotatable bonds is 4. The minimum atomic E-state index is -4.93. The van der Waals surface area contributed by atoms with Crippen LogP contribution in [0.3, 0.4) is 0 Å². The number of nitrogens with zero attached hydrogens (tertiary/aromatic N) is 1. The van der Waals surface area contributed by atoms with Crippen LogP contribution < -0.4 is 0 Å². The van der Waals surface area contributed by atoms with Crippen LogP contribution in [-0.4, -0.2) is 31.6 Å². The van der Waals surface area contributed by atoms with E-state index in [0.717, 1.165) is 6.07 Å². The number of halogens is 4. The zero-order chi connectivity index (χ0) is 18.1. The largest absolute Gasteiger partial charge is 0.417 e. The summed E-state index contributed by atoms with van der Waals surface area (Å²) in [6.45, 7) is 5.35. The molecule has 0 spiro atoms. The Morgan fingerprint density at radius 1 is 1.17 bits per heavy atom. The predicted molar refractivity (Wildman–Crippen MR) is 82.1 cm³/mol. The van der Waals surface area contributed by atoms with Gasteiger partial charge in [-0.1, -0.05) is 18.2 Å². The third-order valence-electron chi connectivity index (χ3n) is 3.02. The fourth-order valence-corrected chi connectivity index (χ4v) is 2.17. The van der Waals surface area contributed by atoms with Crippen LogP contribution in [0.4, 0.5) is 17.6 Å². The first kappa shape index (κ1) is 19.8. The summed E-state index contributed by atoms with van der Waals surface area (Å²) >= 11 is 0. The molecule has 0 aliphatic rings. The van der Waals surface area contributed by atoms with E-state index in [1.807, 2.05) is 0 Å². The van der Waals surface area contributed by atoms with Crippen molar-refractivity contribution in [1.82, 2.24) is 0 Å². The first-order valence-corrected chi connectivity index (χ1v) is 7.90. The first-order valence-electron chi connectivity index (χ1n) is 6.79. The van der Waals surface area contributed by atoms with Crippen molar-refractivity contribution in [3.63, 3.8) is 0 Å². The van der Waals surface area contributed by atoms with Crippen LogP contribution in [0.5, 0.6) is 0 Å². The van der Waals surface area contributed by atoms with Crippen molar-refractivity contribution in [3.05, 3.63) is 35.6 Å². The molecule has 1 aromatic rings. The lowest BCUT2D eigenvalue weighted by Crippen LogP contribution is -2.44. The van der Waals surface area contributed by atoms with E-state index in [-0.39, 0.29) is 5.56 Å². The highest BCUT2D eigenvalue weighted by molar-refractivity contribution is 7.85. The van der Waals surface area contributed by atoms with Gasteiger partial charge in [-0.15, -0.1) is 0 Å². The lowest BCUT2D eigenvalue weighted by atomic mass is 9.94. The molecule has 23 heavy (non-hydrogen) atoms. The molecule has 0 radical (unpaired) electrons. The molecular weight excluding hydrogens is 334 g/mol. The zero-order valence-corrected chi connectivity index (χ0v) is 14.1. The van der Waals surface area contributed by atoms with E-state index in [1.165, 1.54) is 18.2 Å². The fraction of sp³-hybridized carbons (Fsp3) is 0.533. The molecule has 0 unspecified atom stereocenters. The van der Waals surface area contributed by atoms with Gasteiger partial charge in [-0.05, 0) is 33.8 Å². The van der Waals surface area contributed by atoms with Crippen molar-refractivity contribution in [3.8, 4) is 0 Å². The molecule has 0 saturated carbocycles. The second-order valence-corrected chi connectivity index (χ2v) is 8.23. The topological polar surface area (TPSA) is 49.7 Å². The summed E-state index contributed by atoms with van der Waals surface area (Å²) in [6.07, 6.45) is -5.93. The number of hydrogen-bond donors (Lipinski definition) is 1. The number of hydrogen-bond acceptors (Lipinski definition) is 2. The van der Waals surface area contributed by atoms with Crippen molar-refractivity contribution in [1.29, 1.82) is 0 Å². The molecule has 0 fully saturated rings. The van der Waals surface area contributed by atoms with Crippen molar-refractivity contribution >= 4 is 16.7 Å². The zero-order valence-electron chi connectivity index (χ0n) is 13.2. The van der Waals surface area contributed by atoms with Crippen LogP contribution in [-0.2, 0) is 11.0 Å². The highest BCUT2D eigenvalue weighted by Crippen LogP contribution is 2.34. The van der Waals surface area contributed by atoms with E-state index in [2.05, 4.69) is 4.40 Å². The Balaban J connectivity index is 3.38. The van der Waals surface area contributed by atoms with Gasteiger partial charge in [-0.2, -0.15) is 17.6 Å². The molecule has 1 rings (SSSR count). The molecule has 1 aromatic carbocycles. The maximum absolute atomic E-state index is 13.9. The molecule has 0 aromatic heterocycles. The third kappa shape index (κ3) is 5.10. The van der Waals surface area contributed by atoms with Crippen molar-refractivity contribution in [2.45, 2.75) is 50.6 Å². The van der Waals surface area contributed by atoms with Crippen LogP contribution in [0, 0.1) is 5.82 Å². The van der Waals surface area contributed by atoms with E-state index in [0.29, 0.717) is 6.92 Å². The van der Waals surface area contributed by atoms with Crippen molar-refractivity contribution in [2.75, 3.05) is 0 Å². The minimum absolute atomic E-state index is 0.213. The lowest BCUT2D eigenvalue weighted by Gasteiger charge is -2.27. The first-order chi connectivity index (χ1) is 10.3. The highest BCUT2D eigenvalue weighted by atomic mass is 32.2. The number of benzene rings is 1. The van der Waals surface area contributed by atoms with Gasteiger partial charge in [0.15, 0.2) is 5.60 Å². The molecule has 130 valence electrons. The summed E-state index contributed by atoms with van der Waals surface area (Å²) in [7, 11) is -1.89. The van der Waals surface area contributed by atoms with Gasteiger partial charge in [0.2, 0.25) is 0 Å². The summed E-state index contributed by atoms with van der Waals surface area (Å²) in [4.78, 5) is 0. The lowest BCUT2D eigenvalue weighted by molar-refractivity contribution is -0.249. The molecule has 0 aliphatic carbocycles. The summed E-state index contributed by atoms with van der Waals surface area (Å²) < 4.78 is 67.7. The summed E-state index contributed by atoms with van der Waals surface area (Å²) in [5.41, 5.74) is -3.72. The molecule has 0 bridgehead atoms. The fourth-order valence-electron chi connectivity index (χ4n) is 1.54. The Morgan fingerprint density at radius 2 is 1.70 bits per heavy atom. The van der Waals surface area contributed by atoms with Gasteiger partial charge in [0.25, 0.3) is 0 Å². The Kier molecular flexibility index (Phi) is 5.74. The van der Waals surface area contributed by atoms with Crippen LogP contribution in [0.15, 0.2) is 28.7 Å². The Hall–Kier alpha value is -1.28. The maximum Gasteiger partial charge on any atom is 0.417 e. The van der Waals surface area contributed by atoms with Crippen molar-refractivity contribution < 1.29 is 26.9 Å². The Labute approximate surface area is 135 Å². The van der Waals surface area contributed by atoms with Gasteiger partial charge in [0.1, 0.15) is 16.8 Å². The van der Waals surface area contributed by atoms with E-state index in [1.54, 1.807) is 20.8 Å². The monoisotopic (exact) mass is 353 g/mol. The molecular formula is C15H19F4NO2S. The quantitative estimate of drug-likeness (QED) is 0.661. The minimum Gasteiger partial charge on any atom is -0.380 e. The standard InChI is InChI=1S/C15H19F4NO2S/c1-13(2,3)23(22)20-12(9-14(4,21)15(17,18)19)10-7-5-6-8-11(10)16/h5-8,21H,9H2,1-4H3/b20-12+/t14-,23-/m0/s1. The van der Waals surface area contributed by atoms with Gasteiger partial charge in [0.05, 0.1) is 10.5 Å². The average Bonchev–Trinajstić information content (AvgIpc) is 2.35. The summed E-state index contributed by atoms with van der Waals surface area (Å²) in [5.74, 6) is -0.796. The van der Waals surface area contributed by atoms with Crippen molar-refractivity contribution in [2.24, 2.45) is 4.40 Å². The molecule has 1 N–H and O–H groups in total. The van der Waals surface area contributed by atoms with Gasteiger partial charge in [-0.25, -0.2) is 8.60 Å². The molecule has 2 atom stereocenters. The van der Waals surface area contributed by atoms with Gasteiger partial charge in [-0.3, -0.25) is 0 Å². The maximum atomic E-state index is 13.9. The second kappa shape index (κ2) is 6.68. The average molecular weight is 353 g/mol. The molecule has 0 heterocycles. The van der Waals surface area contributed by atoms with E-state index < -0.39 is 45.5 Å². The van der Waals surface area contributed by atoms with Crippen LogP contribution in [0.25, 0.3) is 0 Å². The van der Waals surface area contributed by atoms with E-state index in [4.69, 9.17) is 0 Å². The normalized spacial score (nSPS) is 17.7. The third-order valence-corrected chi connectivity index (χ3v) is 4.46. The summed E-state index contributed by atoms with van der Waals surface area (Å²) in [5, 5.41) is 9.66. The van der Waals surface area contributed by atoms with E-state index >= 15 is 0 Å². The number of alkyl halides is 3. The Morgan fingerprint density at radius 3 is 2.13 bits per heavy atom. The summed E-state index contributed by atoms with van der Waals surface area (Å²) in [6, 6.07) is 5.10. The van der Waals surface area contributed by atoms with Gasteiger partial charge in [0, 0.05) is 12.0 Å². The molecule has 8 heteroatoms.